The van der Waals surface area contributed by atoms with Crippen LogP contribution in [0.15, 0.2) is 47.0 Å². The monoisotopic (exact) mass is 370 g/mol. The molecule has 1 aromatic carbocycles. The number of thiazole rings is 1. The van der Waals surface area contributed by atoms with E-state index in [1.165, 1.54) is 22.2 Å². The SMILES string of the molecule is O=C(CCn1cnc2ccccc2c1=O)N1CCC(Oc2nccs2)C1. The van der Waals surface area contributed by atoms with Crippen molar-refractivity contribution in [3.8, 4) is 5.19 Å². The van der Waals surface area contributed by atoms with Gasteiger partial charge in [0.2, 0.25) is 5.91 Å². The van der Waals surface area contributed by atoms with Crippen LogP contribution in [0.25, 0.3) is 10.9 Å². The Kier molecular flexibility index (Phi) is 4.66. The molecule has 2 aromatic heterocycles. The van der Waals surface area contributed by atoms with Gasteiger partial charge in [-0.1, -0.05) is 23.5 Å². The van der Waals surface area contributed by atoms with Crippen LogP contribution < -0.4 is 10.3 Å². The van der Waals surface area contributed by atoms with Crippen LogP contribution in [0.3, 0.4) is 0 Å². The number of benzene rings is 1. The van der Waals surface area contributed by atoms with Gasteiger partial charge in [-0.05, 0) is 12.1 Å². The van der Waals surface area contributed by atoms with E-state index >= 15 is 0 Å². The molecule has 134 valence electrons. The van der Waals surface area contributed by atoms with E-state index in [1.54, 1.807) is 23.2 Å². The van der Waals surface area contributed by atoms with E-state index in [0.29, 0.717) is 35.7 Å². The Morgan fingerprint density at radius 2 is 2.19 bits per heavy atom. The molecular weight excluding hydrogens is 352 g/mol. The largest absolute Gasteiger partial charge is 0.465 e. The maximum atomic E-state index is 12.5. The van der Waals surface area contributed by atoms with Gasteiger partial charge in [0.1, 0.15) is 6.10 Å². The Hall–Kier alpha value is -2.74. The van der Waals surface area contributed by atoms with Crippen LogP contribution in [0.1, 0.15) is 12.8 Å². The molecule has 4 rings (SSSR count). The predicted octanol–water partition coefficient (Wildman–Crippen LogP) is 1.92. The van der Waals surface area contributed by atoms with Crippen LogP contribution >= 0.6 is 11.3 Å². The Bertz CT molecular complexity index is 970. The Balaban J connectivity index is 1.36. The minimum atomic E-state index is -0.116. The Morgan fingerprint density at radius 1 is 1.31 bits per heavy atom. The number of aryl methyl sites for hydroxylation is 1. The average molecular weight is 370 g/mol. The van der Waals surface area contributed by atoms with E-state index < -0.39 is 0 Å². The van der Waals surface area contributed by atoms with Crippen molar-refractivity contribution < 1.29 is 9.53 Å². The number of fused-ring (bicyclic) bond motifs is 1. The van der Waals surface area contributed by atoms with Crippen molar-refractivity contribution >= 4 is 28.1 Å². The maximum absolute atomic E-state index is 12.5. The molecule has 1 aliphatic heterocycles. The minimum absolute atomic E-state index is 0.0184. The molecule has 0 saturated carbocycles. The second-order valence-electron chi connectivity index (χ2n) is 6.18. The van der Waals surface area contributed by atoms with Crippen molar-refractivity contribution in [1.82, 2.24) is 19.4 Å². The average Bonchev–Trinajstić information content (AvgIpc) is 3.34. The number of hydrogen-bond acceptors (Lipinski definition) is 6. The third-order valence-corrected chi connectivity index (χ3v) is 5.13. The van der Waals surface area contributed by atoms with E-state index in [-0.39, 0.29) is 24.0 Å². The molecule has 3 aromatic rings. The van der Waals surface area contributed by atoms with E-state index in [0.717, 1.165) is 6.42 Å². The molecule has 1 amide bonds. The van der Waals surface area contributed by atoms with Gasteiger partial charge >= 0.3 is 0 Å². The zero-order valence-electron chi connectivity index (χ0n) is 14.1. The first kappa shape index (κ1) is 16.7. The lowest BCUT2D eigenvalue weighted by molar-refractivity contribution is -0.130. The van der Waals surface area contributed by atoms with Gasteiger partial charge in [0, 0.05) is 37.5 Å². The topological polar surface area (TPSA) is 77.3 Å². The third-order valence-electron chi connectivity index (χ3n) is 4.47. The molecule has 0 N–H and O–H groups in total. The van der Waals surface area contributed by atoms with Crippen molar-refractivity contribution in [1.29, 1.82) is 0 Å². The van der Waals surface area contributed by atoms with Crippen LogP contribution in [0.5, 0.6) is 5.19 Å². The highest BCUT2D eigenvalue weighted by Gasteiger charge is 2.27. The summed E-state index contributed by atoms with van der Waals surface area (Å²) in [6.45, 7) is 1.55. The molecular formula is C18H18N4O3S. The van der Waals surface area contributed by atoms with Gasteiger partial charge in [-0.2, -0.15) is 0 Å². The van der Waals surface area contributed by atoms with E-state index in [4.69, 9.17) is 4.74 Å². The first-order chi connectivity index (χ1) is 12.7. The summed E-state index contributed by atoms with van der Waals surface area (Å²) in [5, 5.41) is 3.07. The van der Waals surface area contributed by atoms with Crippen LogP contribution in [-0.4, -0.2) is 44.5 Å². The van der Waals surface area contributed by atoms with Gasteiger partial charge in [-0.25, -0.2) is 9.97 Å². The predicted molar refractivity (Wildman–Crippen MR) is 98.3 cm³/mol. The number of carbonyl (C=O) groups is 1. The smallest absolute Gasteiger partial charge is 0.273 e. The fraction of sp³-hybridized carbons (Fsp3) is 0.333. The van der Waals surface area contributed by atoms with Crippen LogP contribution in [-0.2, 0) is 11.3 Å². The number of aromatic nitrogens is 3. The quantitative estimate of drug-likeness (QED) is 0.686. The summed E-state index contributed by atoms with van der Waals surface area (Å²) < 4.78 is 7.27. The number of likely N-dealkylation sites (tertiary alicyclic amines) is 1. The lowest BCUT2D eigenvalue weighted by Gasteiger charge is -2.17. The molecule has 3 heterocycles. The minimum Gasteiger partial charge on any atom is -0.465 e. The van der Waals surface area contributed by atoms with Crippen LogP contribution in [0, 0.1) is 0 Å². The van der Waals surface area contributed by atoms with Crippen molar-refractivity contribution in [2.75, 3.05) is 13.1 Å². The van der Waals surface area contributed by atoms with Crippen molar-refractivity contribution in [3.63, 3.8) is 0 Å². The van der Waals surface area contributed by atoms with E-state index in [2.05, 4.69) is 9.97 Å². The number of rotatable bonds is 5. The zero-order valence-corrected chi connectivity index (χ0v) is 14.9. The highest BCUT2D eigenvalue weighted by molar-refractivity contribution is 7.11. The molecule has 0 bridgehead atoms. The fourth-order valence-electron chi connectivity index (χ4n) is 3.10. The normalized spacial score (nSPS) is 16.9. The molecule has 1 unspecified atom stereocenters. The van der Waals surface area contributed by atoms with Crippen molar-refractivity contribution in [2.24, 2.45) is 0 Å². The summed E-state index contributed by atoms with van der Waals surface area (Å²) in [4.78, 5) is 35.1. The first-order valence-corrected chi connectivity index (χ1v) is 9.37. The molecule has 1 saturated heterocycles. The Morgan fingerprint density at radius 3 is 3.04 bits per heavy atom. The van der Waals surface area contributed by atoms with Crippen LogP contribution in [0.4, 0.5) is 0 Å². The lowest BCUT2D eigenvalue weighted by Crippen LogP contribution is -2.32. The molecule has 7 nitrogen and oxygen atoms in total. The number of ether oxygens (including phenoxy) is 1. The van der Waals surface area contributed by atoms with Gasteiger partial charge in [0.25, 0.3) is 10.8 Å². The van der Waals surface area contributed by atoms with Gasteiger partial charge in [0.05, 0.1) is 23.8 Å². The second-order valence-corrected chi connectivity index (χ2v) is 7.03. The van der Waals surface area contributed by atoms with Crippen molar-refractivity contribution in [3.05, 3.63) is 52.5 Å². The summed E-state index contributed by atoms with van der Waals surface area (Å²) in [5.74, 6) is 0.0234. The van der Waals surface area contributed by atoms with E-state index in [1.807, 2.05) is 17.5 Å². The highest BCUT2D eigenvalue weighted by Crippen LogP contribution is 2.20. The summed E-state index contributed by atoms with van der Waals surface area (Å²) in [6.07, 6.45) is 4.26. The number of amides is 1. The molecule has 0 radical (unpaired) electrons. The fourth-order valence-corrected chi connectivity index (χ4v) is 3.65. The summed E-state index contributed by atoms with van der Waals surface area (Å²) in [5.41, 5.74) is 0.552. The van der Waals surface area contributed by atoms with Gasteiger partial charge in [-0.15, -0.1) is 0 Å². The third kappa shape index (κ3) is 3.45. The summed E-state index contributed by atoms with van der Waals surface area (Å²) in [6, 6.07) is 7.22. The molecule has 1 atom stereocenters. The number of carbonyl (C=O) groups excluding carboxylic acids is 1. The Labute approximate surface area is 153 Å². The molecule has 0 spiro atoms. The first-order valence-electron chi connectivity index (χ1n) is 8.49. The molecule has 8 heteroatoms. The standard InChI is InChI=1S/C18H18N4O3S/c23-16(21-8-5-13(11-21)25-18-19-7-10-26-18)6-9-22-12-20-15-4-2-1-3-14(15)17(22)24/h1-4,7,10,12-13H,5-6,8-9,11H2. The van der Waals surface area contributed by atoms with Crippen molar-refractivity contribution in [2.45, 2.75) is 25.5 Å². The molecule has 0 aliphatic carbocycles. The van der Waals surface area contributed by atoms with Gasteiger partial charge < -0.3 is 9.64 Å². The molecule has 1 fully saturated rings. The number of para-hydroxylation sites is 1. The molecule has 26 heavy (non-hydrogen) atoms. The summed E-state index contributed by atoms with van der Waals surface area (Å²) in [7, 11) is 0. The van der Waals surface area contributed by atoms with Crippen LogP contribution in [0.2, 0.25) is 0 Å². The van der Waals surface area contributed by atoms with Gasteiger partial charge in [0.15, 0.2) is 0 Å². The number of hydrogen-bond donors (Lipinski definition) is 0. The lowest BCUT2D eigenvalue weighted by atomic mass is 10.2. The van der Waals surface area contributed by atoms with Gasteiger partial charge in [-0.3, -0.25) is 14.2 Å². The number of nitrogens with zero attached hydrogens (tertiary/aromatic N) is 4. The molecule has 1 aliphatic rings. The second kappa shape index (κ2) is 7.25. The van der Waals surface area contributed by atoms with E-state index in [9.17, 15) is 9.59 Å². The zero-order chi connectivity index (χ0) is 17.9. The maximum Gasteiger partial charge on any atom is 0.273 e. The summed E-state index contributed by atoms with van der Waals surface area (Å²) >= 11 is 1.45. The highest BCUT2D eigenvalue weighted by atomic mass is 32.1.